The molecule has 308 valence electrons. The second kappa shape index (κ2) is 16.6. The first-order valence-electron chi connectivity index (χ1n) is 21.1. The Labute approximate surface area is 330 Å². The Morgan fingerprint density at radius 2 is 1.02 bits per heavy atom. The van der Waals surface area contributed by atoms with Crippen LogP contribution in [0.25, 0.3) is 0 Å². The summed E-state index contributed by atoms with van der Waals surface area (Å²) in [6, 6.07) is 4.00. The highest BCUT2D eigenvalue weighted by molar-refractivity contribution is 6.00. The number of hydrogen-bond acceptors (Lipinski definition) is 8. The lowest BCUT2D eigenvalue weighted by atomic mass is 9.72. The Morgan fingerprint density at radius 1 is 0.667 bits per heavy atom. The number of benzene rings is 1. The molecular weight excluding hydrogens is 675 g/mol. The first-order chi connectivity index (χ1) is 24.6. The van der Waals surface area contributed by atoms with Crippen molar-refractivity contribution in [1.29, 1.82) is 0 Å². The molecule has 2 aliphatic heterocycles. The van der Waals surface area contributed by atoms with Crippen molar-refractivity contribution in [3.8, 4) is 0 Å². The lowest BCUT2D eigenvalue weighted by Gasteiger charge is -2.55. The van der Waals surface area contributed by atoms with Crippen LogP contribution in [-0.4, -0.2) is 69.2 Å². The fourth-order valence-corrected chi connectivity index (χ4v) is 10.2. The zero-order chi connectivity index (χ0) is 41.3. The van der Waals surface area contributed by atoms with Crippen LogP contribution >= 0.6 is 0 Å². The highest BCUT2D eigenvalue weighted by atomic mass is 16.6. The van der Waals surface area contributed by atoms with Crippen molar-refractivity contribution in [1.82, 2.24) is 9.80 Å². The molecule has 2 saturated heterocycles. The van der Waals surface area contributed by atoms with Crippen LogP contribution in [0.15, 0.2) is 17.3 Å². The van der Waals surface area contributed by atoms with E-state index < -0.39 is 28.2 Å². The molecule has 0 atom stereocenters. The highest BCUT2D eigenvalue weighted by Gasteiger charge is 2.54. The lowest BCUT2D eigenvalue weighted by Crippen LogP contribution is -2.63. The molecule has 0 radical (unpaired) electrons. The second-order valence-electron chi connectivity index (χ2n) is 21.4. The van der Waals surface area contributed by atoms with Gasteiger partial charge in [-0.25, -0.2) is 0 Å². The molecule has 0 spiro atoms. The van der Waals surface area contributed by atoms with Crippen LogP contribution in [0.5, 0.6) is 0 Å². The van der Waals surface area contributed by atoms with Crippen LogP contribution in [0.2, 0.25) is 0 Å². The molecule has 2 fully saturated rings. The Balaban J connectivity index is 2.22. The number of esters is 2. The normalized spacial score (nSPS) is 21.1. The zero-order valence-electron chi connectivity index (χ0n) is 37.7. The average molecular weight is 754 g/mol. The monoisotopic (exact) mass is 754 g/mol. The highest BCUT2D eigenvalue weighted by Crippen LogP contribution is 2.46. The van der Waals surface area contributed by atoms with Gasteiger partial charge in [0, 0.05) is 47.8 Å². The number of rotatable bonds is 14. The molecule has 0 bridgehead atoms. The Hall–Kier alpha value is -2.32. The minimum Gasteiger partial charge on any atom is -0.461 e. The van der Waals surface area contributed by atoms with Crippen molar-refractivity contribution in [3.05, 3.63) is 33.7 Å². The summed E-state index contributed by atoms with van der Waals surface area (Å²) in [6.07, 6.45) is 6.01. The maximum atomic E-state index is 15.2. The van der Waals surface area contributed by atoms with Gasteiger partial charge in [-0.15, -0.1) is 4.91 Å². The molecule has 0 amide bonds. The lowest BCUT2D eigenvalue weighted by molar-refractivity contribution is -0.189. The van der Waals surface area contributed by atoms with Crippen LogP contribution in [0.4, 0.5) is 5.69 Å². The third kappa shape index (κ3) is 10.2. The summed E-state index contributed by atoms with van der Waals surface area (Å²) in [5.74, 6) is -0.980. The number of ether oxygens (including phenoxy) is 2. The van der Waals surface area contributed by atoms with Crippen LogP contribution < -0.4 is 0 Å². The minimum absolute atomic E-state index is 0.124. The fraction of sp³-hybridized carbons (Fsp3) is 0.826. The molecule has 2 aliphatic rings. The van der Waals surface area contributed by atoms with E-state index >= 15 is 9.59 Å². The number of likely N-dealkylation sites (tertiary alicyclic amines) is 2. The van der Waals surface area contributed by atoms with Gasteiger partial charge in [-0.3, -0.25) is 19.4 Å². The van der Waals surface area contributed by atoms with E-state index in [1.54, 1.807) is 0 Å². The van der Waals surface area contributed by atoms with E-state index in [1.165, 1.54) is 0 Å². The van der Waals surface area contributed by atoms with Crippen molar-refractivity contribution < 1.29 is 19.1 Å². The molecule has 1 aromatic carbocycles. The Kier molecular flexibility index (Phi) is 14.2. The molecule has 2 heterocycles. The van der Waals surface area contributed by atoms with E-state index in [4.69, 9.17) is 9.47 Å². The molecule has 1 aromatic rings. The molecule has 0 N–H and O–H groups in total. The first kappa shape index (κ1) is 46.1. The number of nitroso groups, excluding NO2 is 1. The summed E-state index contributed by atoms with van der Waals surface area (Å²) in [5.41, 5.74) is -0.276. The zero-order valence-corrected chi connectivity index (χ0v) is 37.7. The van der Waals surface area contributed by atoms with Gasteiger partial charge in [0.1, 0.15) is 17.9 Å². The van der Waals surface area contributed by atoms with Gasteiger partial charge in [-0.1, -0.05) is 87.3 Å². The summed E-state index contributed by atoms with van der Waals surface area (Å²) in [4.78, 5) is 48.0. The standard InChI is InChI=1S/C46H79N3O5/c1-18-21-22-46(38(50)53-33-28-42(10,11)48(23-19-2)43(12,13)29-33,39(51)54-34-30-44(14,15)49(24-20-3)45(16,17)31-34)27-32-25-35(40(4,5)6)37(47-52)36(26-32)41(7,8)9/h25-26,33-34H,18-24,27-31H2,1-17H3. The molecule has 54 heavy (non-hydrogen) atoms. The van der Waals surface area contributed by atoms with Crippen molar-refractivity contribution in [2.24, 2.45) is 10.6 Å². The van der Waals surface area contributed by atoms with Gasteiger partial charge in [-0.05, 0) is 127 Å². The summed E-state index contributed by atoms with van der Waals surface area (Å²) in [5, 5.41) is 3.57. The van der Waals surface area contributed by atoms with Gasteiger partial charge in [0.15, 0.2) is 5.41 Å². The fourth-order valence-electron chi connectivity index (χ4n) is 10.2. The van der Waals surface area contributed by atoms with E-state index in [0.29, 0.717) is 44.2 Å². The number of carbonyl (C=O) groups excluding carboxylic acids is 2. The van der Waals surface area contributed by atoms with Gasteiger partial charge < -0.3 is 9.47 Å². The number of hydrogen-bond donors (Lipinski definition) is 0. The number of unbranched alkanes of at least 4 members (excludes halogenated alkanes) is 1. The SMILES string of the molecule is CCCCC(Cc1cc(C(C)(C)C)c(N=O)c(C(C)(C)C)c1)(C(=O)OC1CC(C)(C)N(CCC)C(C)(C)C1)C(=O)OC1CC(C)(C)N(CCC)C(C)(C)C1. The largest absolute Gasteiger partial charge is 0.461 e. The predicted octanol–water partition coefficient (Wildman–Crippen LogP) is 11.3. The van der Waals surface area contributed by atoms with E-state index in [9.17, 15) is 4.91 Å². The van der Waals surface area contributed by atoms with Crippen molar-refractivity contribution >= 4 is 17.6 Å². The maximum Gasteiger partial charge on any atom is 0.324 e. The van der Waals surface area contributed by atoms with Gasteiger partial charge in [0.05, 0.1) is 0 Å². The molecule has 0 saturated carbocycles. The summed E-state index contributed by atoms with van der Waals surface area (Å²) in [7, 11) is 0. The topological polar surface area (TPSA) is 88.5 Å². The molecule has 3 rings (SSSR count). The minimum atomic E-state index is -1.57. The number of nitrogens with zero attached hydrogens (tertiary/aromatic N) is 3. The van der Waals surface area contributed by atoms with Crippen molar-refractivity contribution in [3.63, 3.8) is 0 Å². The van der Waals surface area contributed by atoms with Crippen LogP contribution in [0, 0.1) is 10.3 Å². The number of piperidine rings is 2. The molecule has 0 aliphatic carbocycles. The van der Waals surface area contributed by atoms with Crippen LogP contribution in [0.1, 0.15) is 192 Å². The molecular formula is C46H79N3O5. The van der Waals surface area contributed by atoms with Crippen LogP contribution in [-0.2, 0) is 36.3 Å². The average Bonchev–Trinajstić information content (AvgIpc) is 3.00. The third-order valence-corrected chi connectivity index (χ3v) is 12.4. The second-order valence-corrected chi connectivity index (χ2v) is 21.4. The molecule has 8 nitrogen and oxygen atoms in total. The summed E-state index contributed by atoms with van der Waals surface area (Å²) in [6.45, 7) is 38.8. The number of carbonyl (C=O) groups is 2. The summed E-state index contributed by atoms with van der Waals surface area (Å²) < 4.78 is 13.3. The van der Waals surface area contributed by atoms with Crippen molar-refractivity contribution in [2.75, 3.05) is 13.1 Å². The van der Waals surface area contributed by atoms with Gasteiger partial charge in [0.2, 0.25) is 0 Å². The van der Waals surface area contributed by atoms with E-state index in [0.717, 1.165) is 49.0 Å². The van der Waals surface area contributed by atoms with E-state index in [1.807, 2.05) is 12.1 Å². The van der Waals surface area contributed by atoms with Crippen LogP contribution in [0.3, 0.4) is 0 Å². The van der Waals surface area contributed by atoms with Gasteiger partial charge >= 0.3 is 11.9 Å². The quantitative estimate of drug-likeness (QED) is 0.106. The molecule has 0 aromatic heterocycles. The Bertz CT molecular complexity index is 1350. The molecule has 0 unspecified atom stereocenters. The Morgan fingerprint density at radius 3 is 1.30 bits per heavy atom. The first-order valence-corrected chi connectivity index (χ1v) is 21.1. The predicted molar refractivity (Wildman–Crippen MR) is 223 cm³/mol. The molecule has 8 heteroatoms. The van der Waals surface area contributed by atoms with Gasteiger partial charge in [-0.2, -0.15) is 0 Å². The van der Waals surface area contributed by atoms with E-state index in [2.05, 4.69) is 133 Å². The third-order valence-electron chi connectivity index (χ3n) is 12.4. The van der Waals surface area contributed by atoms with Crippen molar-refractivity contribution in [2.45, 2.75) is 227 Å². The van der Waals surface area contributed by atoms with E-state index in [-0.39, 0.29) is 40.8 Å². The van der Waals surface area contributed by atoms with Gasteiger partial charge in [0.25, 0.3) is 0 Å². The smallest absolute Gasteiger partial charge is 0.324 e. The summed E-state index contributed by atoms with van der Waals surface area (Å²) >= 11 is 0. The maximum absolute atomic E-state index is 15.2.